The highest BCUT2D eigenvalue weighted by Crippen LogP contribution is 2.14. The number of amides is 2. The van der Waals surface area contributed by atoms with Crippen LogP contribution in [-0.2, 0) is 25.7 Å². The minimum Gasteiger partial charge on any atom is -0.451 e. The highest BCUT2D eigenvalue weighted by atomic mass is 35.5. The van der Waals surface area contributed by atoms with Crippen LogP contribution in [0.3, 0.4) is 0 Å². The lowest BCUT2D eigenvalue weighted by Gasteiger charge is -2.17. The zero-order chi connectivity index (χ0) is 21.2. The van der Waals surface area contributed by atoms with Crippen molar-refractivity contribution < 1.29 is 19.1 Å². The van der Waals surface area contributed by atoms with Crippen molar-refractivity contribution >= 4 is 35.5 Å². The monoisotopic (exact) mass is 414 g/mol. The van der Waals surface area contributed by atoms with Gasteiger partial charge in [-0.25, -0.2) is 4.79 Å². The summed E-state index contributed by atoms with van der Waals surface area (Å²) >= 11 is 6.04. The van der Waals surface area contributed by atoms with E-state index in [9.17, 15) is 14.4 Å². The van der Waals surface area contributed by atoms with E-state index < -0.39 is 29.9 Å². The number of nitrogens with one attached hydrogen (secondary N) is 2. The topological polar surface area (TPSA) is 84.5 Å². The third kappa shape index (κ3) is 7.43. The number of carbonyl (C=O) groups is 3. The second kappa shape index (κ2) is 11.0. The molecule has 0 aromatic heterocycles. The summed E-state index contributed by atoms with van der Waals surface area (Å²) in [4.78, 5) is 36.2. The van der Waals surface area contributed by atoms with Gasteiger partial charge in [-0.05, 0) is 37.1 Å². The molecule has 0 saturated heterocycles. The fraction of sp³-hybridized carbons (Fsp3) is 0.227. The Morgan fingerprint density at radius 2 is 1.69 bits per heavy atom. The zero-order valence-corrected chi connectivity index (χ0v) is 17.0. The van der Waals surface area contributed by atoms with Crippen molar-refractivity contribution in [2.75, 3.05) is 0 Å². The predicted molar refractivity (Wildman–Crippen MR) is 112 cm³/mol. The molecular formula is C22H23ClN2O4. The van der Waals surface area contributed by atoms with Crippen LogP contribution >= 0.6 is 11.6 Å². The number of ether oxygens (including phenoxy) is 1. The number of benzene rings is 2. The molecular weight excluding hydrogens is 392 g/mol. The predicted octanol–water partition coefficient (Wildman–Crippen LogP) is 3.11. The van der Waals surface area contributed by atoms with Gasteiger partial charge < -0.3 is 15.4 Å². The maximum Gasteiger partial charge on any atom is 0.329 e. The standard InChI is InChI=1S/C22H23ClN2O4/c1-15(25-20(26)13-12-17-8-4-3-5-9-17)22(28)29-16(2)21(27)24-14-18-10-6-7-11-19(18)23/h3-13,15-16H,14H2,1-2H3,(H,24,27)(H,25,26)/b13-12+/t15-,16+/m0/s1. The lowest BCUT2D eigenvalue weighted by molar-refractivity contribution is -0.157. The third-order valence-corrected chi connectivity index (χ3v) is 4.38. The molecule has 0 bridgehead atoms. The van der Waals surface area contributed by atoms with Crippen LogP contribution in [0, 0.1) is 0 Å². The highest BCUT2D eigenvalue weighted by molar-refractivity contribution is 6.31. The summed E-state index contributed by atoms with van der Waals surface area (Å²) in [6.45, 7) is 3.17. The molecule has 2 aromatic carbocycles. The van der Waals surface area contributed by atoms with Crippen molar-refractivity contribution in [2.24, 2.45) is 0 Å². The lowest BCUT2D eigenvalue weighted by Crippen LogP contribution is -2.43. The molecule has 0 saturated carbocycles. The molecule has 0 unspecified atom stereocenters. The number of halogens is 1. The molecule has 2 N–H and O–H groups in total. The molecule has 7 heteroatoms. The van der Waals surface area contributed by atoms with Gasteiger partial charge in [-0.3, -0.25) is 9.59 Å². The molecule has 0 spiro atoms. The average molecular weight is 415 g/mol. The van der Waals surface area contributed by atoms with E-state index in [2.05, 4.69) is 10.6 Å². The van der Waals surface area contributed by atoms with Crippen molar-refractivity contribution in [3.05, 3.63) is 76.8 Å². The van der Waals surface area contributed by atoms with E-state index in [1.807, 2.05) is 36.4 Å². The van der Waals surface area contributed by atoms with Gasteiger partial charge in [0.15, 0.2) is 6.10 Å². The summed E-state index contributed by atoms with van der Waals surface area (Å²) in [6, 6.07) is 15.5. The first-order chi connectivity index (χ1) is 13.9. The van der Waals surface area contributed by atoms with Crippen LogP contribution in [0.15, 0.2) is 60.7 Å². The van der Waals surface area contributed by atoms with Crippen LogP contribution in [-0.4, -0.2) is 29.9 Å². The van der Waals surface area contributed by atoms with E-state index in [0.717, 1.165) is 11.1 Å². The van der Waals surface area contributed by atoms with Crippen LogP contribution in [0.2, 0.25) is 5.02 Å². The van der Waals surface area contributed by atoms with Gasteiger partial charge in [0.05, 0.1) is 0 Å². The van der Waals surface area contributed by atoms with Crippen LogP contribution in [0.1, 0.15) is 25.0 Å². The highest BCUT2D eigenvalue weighted by Gasteiger charge is 2.22. The van der Waals surface area contributed by atoms with Crippen LogP contribution in [0.4, 0.5) is 0 Å². The first kappa shape index (κ1) is 22.2. The Labute approximate surface area is 174 Å². The summed E-state index contributed by atoms with van der Waals surface area (Å²) in [5.74, 6) is -1.60. The van der Waals surface area contributed by atoms with Crippen LogP contribution < -0.4 is 10.6 Å². The van der Waals surface area contributed by atoms with E-state index in [0.29, 0.717) is 5.02 Å². The number of hydrogen-bond acceptors (Lipinski definition) is 4. The molecule has 0 aliphatic heterocycles. The Bertz CT molecular complexity index is 883. The minimum absolute atomic E-state index is 0.219. The Morgan fingerprint density at radius 3 is 2.38 bits per heavy atom. The molecule has 152 valence electrons. The van der Waals surface area contributed by atoms with Crippen LogP contribution in [0.25, 0.3) is 6.08 Å². The van der Waals surface area contributed by atoms with Gasteiger partial charge in [-0.15, -0.1) is 0 Å². The SMILES string of the molecule is C[C@H](NC(=O)/C=C/c1ccccc1)C(=O)O[C@H](C)C(=O)NCc1ccccc1Cl. The molecule has 0 aliphatic carbocycles. The van der Waals surface area contributed by atoms with Crippen LogP contribution in [0.5, 0.6) is 0 Å². The molecule has 0 radical (unpaired) electrons. The van der Waals surface area contributed by atoms with Gasteiger partial charge in [0.25, 0.3) is 5.91 Å². The Balaban J connectivity index is 1.78. The van der Waals surface area contributed by atoms with Gasteiger partial charge in [0, 0.05) is 17.6 Å². The maximum absolute atomic E-state index is 12.1. The van der Waals surface area contributed by atoms with Gasteiger partial charge in [-0.2, -0.15) is 0 Å². The van der Waals surface area contributed by atoms with Gasteiger partial charge in [0.2, 0.25) is 5.91 Å². The van der Waals surface area contributed by atoms with Crippen molar-refractivity contribution in [2.45, 2.75) is 32.5 Å². The zero-order valence-electron chi connectivity index (χ0n) is 16.2. The fourth-order valence-corrected chi connectivity index (χ4v) is 2.56. The largest absolute Gasteiger partial charge is 0.451 e. The molecule has 6 nitrogen and oxygen atoms in total. The van der Waals surface area contributed by atoms with Crippen molar-refractivity contribution in [3.8, 4) is 0 Å². The number of carbonyl (C=O) groups excluding carboxylic acids is 3. The van der Waals surface area contributed by atoms with Crippen molar-refractivity contribution in [1.82, 2.24) is 10.6 Å². The number of rotatable bonds is 8. The molecule has 29 heavy (non-hydrogen) atoms. The second-order valence-electron chi connectivity index (χ2n) is 6.36. The molecule has 2 amide bonds. The summed E-state index contributed by atoms with van der Waals surface area (Å²) in [5.41, 5.74) is 1.62. The fourth-order valence-electron chi connectivity index (χ4n) is 2.35. The first-order valence-corrected chi connectivity index (χ1v) is 9.50. The van der Waals surface area contributed by atoms with Gasteiger partial charge in [-0.1, -0.05) is 60.1 Å². The molecule has 2 atom stereocenters. The first-order valence-electron chi connectivity index (χ1n) is 9.12. The van der Waals surface area contributed by atoms with E-state index >= 15 is 0 Å². The minimum atomic E-state index is -1.01. The van der Waals surface area contributed by atoms with E-state index in [1.54, 1.807) is 24.3 Å². The van der Waals surface area contributed by atoms with Crippen molar-refractivity contribution in [1.29, 1.82) is 0 Å². The third-order valence-electron chi connectivity index (χ3n) is 4.01. The Hall–Kier alpha value is -3.12. The van der Waals surface area contributed by atoms with Gasteiger partial charge in [0.1, 0.15) is 6.04 Å². The average Bonchev–Trinajstić information content (AvgIpc) is 2.72. The van der Waals surface area contributed by atoms with E-state index in [-0.39, 0.29) is 6.54 Å². The smallest absolute Gasteiger partial charge is 0.329 e. The van der Waals surface area contributed by atoms with E-state index in [4.69, 9.17) is 16.3 Å². The van der Waals surface area contributed by atoms with Crippen molar-refractivity contribution in [3.63, 3.8) is 0 Å². The summed E-state index contributed by atoms with van der Waals surface area (Å²) in [5, 5.41) is 5.71. The number of hydrogen-bond donors (Lipinski definition) is 2. The summed E-state index contributed by atoms with van der Waals surface area (Å²) in [7, 11) is 0. The van der Waals surface area contributed by atoms with E-state index in [1.165, 1.54) is 19.9 Å². The maximum atomic E-state index is 12.1. The second-order valence-corrected chi connectivity index (χ2v) is 6.77. The van der Waals surface area contributed by atoms with Gasteiger partial charge >= 0.3 is 5.97 Å². The molecule has 2 aromatic rings. The quantitative estimate of drug-likeness (QED) is 0.513. The summed E-state index contributed by atoms with van der Waals surface area (Å²) < 4.78 is 5.13. The number of esters is 1. The molecule has 2 rings (SSSR count). The Kier molecular flexibility index (Phi) is 8.43. The molecule has 0 fully saturated rings. The molecule has 0 heterocycles. The lowest BCUT2D eigenvalue weighted by atomic mass is 10.2. The molecule has 0 aliphatic rings. The Morgan fingerprint density at radius 1 is 1.03 bits per heavy atom. The summed E-state index contributed by atoms with van der Waals surface area (Å²) in [6.07, 6.45) is 1.96. The normalized spacial score (nSPS) is 12.8.